The summed E-state index contributed by atoms with van der Waals surface area (Å²) < 4.78 is 66.1. The van der Waals surface area contributed by atoms with E-state index in [0.717, 1.165) is 24.3 Å². The van der Waals surface area contributed by atoms with Gasteiger partial charge in [0.25, 0.3) is 10.0 Å². The highest BCUT2D eigenvalue weighted by atomic mass is 32.2. The lowest BCUT2D eigenvalue weighted by Crippen LogP contribution is -2.29. The molecular formula is C18H16F3N3O4S. The molecule has 0 bridgehead atoms. The normalized spacial score (nSPS) is 12.5. The van der Waals surface area contributed by atoms with E-state index in [9.17, 15) is 31.2 Å². The number of nitrogens with one attached hydrogen (secondary N) is 3. The van der Waals surface area contributed by atoms with E-state index in [2.05, 4.69) is 14.7 Å². The number of benzene rings is 2. The predicted octanol–water partition coefficient (Wildman–Crippen LogP) is 3.16. The third kappa shape index (κ3) is 4.19. The molecule has 2 aromatic carbocycles. The molecule has 0 saturated carbocycles. The Hall–Kier alpha value is -3.08. The summed E-state index contributed by atoms with van der Waals surface area (Å²) in [7, 11) is -4.20. The highest BCUT2D eigenvalue weighted by Gasteiger charge is 2.30. The first kappa shape index (κ1) is 20.6. The molecule has 0 atom stereocenters. The topological polar surface area (TPSA) is 112 Å². The summed E-state index contributed by atoms with van der Waals surface area (Å²) in [6, 6.07) is 6.20. The fourth-order valence-electron chi connectivity index (χ4n) is 2.78. The van der Waals surface area contributed by atoms with Crippen LogP contribution in [0.15, 0.2) is 50.9 Å². The molecule has 3 N–H and O–H groups in total. The largest absolute Gasteiger partial charge is 0.416 e. The molecule has 154 valence electrons. The number of hydrogen-bond acceptors (Lipinski definition) is 4. The fourth-order valence-corrected chi connectivity index (χ4v) is 4.22. The van der Waals surface area contributed by atoms with Gasteiger partial charge < -0.3 is 9.97 Å². The van der Waals surface area contributed by atoms with Crippen LogP contribution in [0.1, 0.15) is 30.9 Å². The van der Waals surface area contributed by atoms with Crippen molar-refractivity contribution >= 4 is 26.7 Å². The maximum atomic E-state index is 12.9. The van der Waals surface area contributed by atoms with Crippen LogP contribution in [0.25, 0.3) is 11.0 Å². The van der Waals surface area contributed by atoms with Gasteiger partial charge in [0.1, 0.15) is 0 Å². The summed E-state index contributed by atoms with van der Waals surface area (Å²) in [6.45, 7) is 3.48. The second kappa shape index (κ2) is 7.07. The van der Waals surface area contributed by atoms with Crippen molar-refractivity contribution in [2.75, 3.05) is 4.72 Å². The minimum absolute atomic E-state index is 0.0530. The Bertz CT molecular complexity index is 1290. The van der Waals surface area contributed by atoms with Gasteiger partial charge in [-0.15, -0.1) is 0 Å². The van der Waals surface area contributed by atoms with E-state index in [1.807, 2.05) is 0 Å². The van der Waals surface area contributed by atoms with E-state index >= 15 is 0 Å². The average Bonchev–Trinajstić information content (AvgIpc) is 2.61. The van der Waals surface area contributed by atoms with Crippen LogP contribution in [0.3, 0.4) is 0 Å². The number of fused-ring (bicyclic) bond motifs is 1. The Morgan fingerprint density at radius 3 is 1.93 bits per heavy atom. The van der Waals surface area contributed by atoms with Gasteiger partial charge in [-0.25, -0.2) is 8.42 Å². The Kier molecular flexibility index (Phi) is 5.03. The van der Waals surface area contributed by atoms with Crippen LogP contribution >= 0.6 is 0 Å². The van der Waals surface area contributed by atoms with Gasteiger partial charge in [-0.05, 0) is 47.9 Å². The van der Waals surface area contributed by atoms with Crippen LogP contribution in [-0.4, -0.2) is 18.4 Å². The number of hydrogen-bond donors (Lipinski definition) is 3. The van der Waals surface area contributed by atoms with Crippen molar-refractivity contribution in [1.82, 2.24) is 9.97 Å². The van der Waals surface area contributed by atoms with Crippen LogP contribution in [0.2, 0.25) is 0 Å². The van der Waals surface area contributed by atoms with Gasteiger partial charge in [0.05, 0.1) is 21.5 Å². The van der Waals surface area contributed by atoms with Gasteiger partial charge in [0.15, 0.2) is 0 Å². The first-order valence-corrected chi connectivity index (χ1v) is 9.87. The summed E-state index contributed by atoms with van der Waals surface area (Å²) in [4.78, 5) is 27.6. The van der Waals surface area contributed by atoms with E-state index < -0.39 is 32.9 Å². The molecule has 1 aromatic heterocycles. The Balaban J connectivity index is 2.09. The standard InChI is InChI=1S/C18H16F3N3O4S/c1-9(2)12-7-13-14(23-17(26)16(25)22-13)8-15(12)29(27,28)24-11-5-3-10(4-6-11)18(19,20)21/h3-9,24H,1-2H3,(H,22,25)(H,23,26). The molecule has 11 heteroatoms. The first-order valence-electron chi connectivity index (χ1n) is 8.39. The number of sulfonamides is 1. The number of alkyl halides is 3. The molecule has 1 heterocycles. The summed E-state index contributed by atoms with van der Waals surface area (Å²) in [5.74, 6) is -0.269. The van der Waals surface area contributed by atoms with Crippen molar-refractivity contribution in [3.05, 3.63) is 68.2 Å². The number of aromatic nitrogens is 2. The molecule has 29 heavy (non-hydrogen) atoms. The summed E-state index contributed by atoms with van der Waals surface area (Å²) in [6.07, 6.45) is -4.54. The number of anilines is 1. The molecular weight excluding hydrogens is 411 g/mol. The Morgan fingerprint density at radius 2 is 1.45 bits per heavy atom. The van der Waals surface area contributed by atoms with Crippen LogP contribution in [-0.2, 0) is 16.2 Å². The number of aromatic amines is 2. The Morgan fingerprint density at radius 1 is 0.931 bits per heavy atom. The number of halogens is 3. The van der Waals surface area contributed by atoms with Crippen LogP contribution in [0, 0.1) is 0 Å². The quantitative estimate of drug-likeness (QED) is 0.555. The second-order valence-electron chi connectivity index (χ2n) is 6.68. The van der Waals surface area contributed by atoms with E-state index in [1.165, 1.54) is 12.1 Å². The second-order valence-corrected chi connectivity index (χ2v) is 8.33. The summed E-state index contributed by atoms with van der Waals surface area (Å²) in [5.41, 5.74) is -2.05. The molecule has 0 unspecified atom stereocenters. The molecule has 0 radical (unpaired) electrons. The van der Waals surface area contributed by atoms with Crippen molar-refractivity contribution in [2.45, 2.75) is 30.8 Å². The first-order chi connectivity index (χ1) is 13.4. The van der Waals surface area contributed by atoms with E-state index in [1.54, 1.807) is 13.8 Å². The van der Waals surface area contributed by atoms with Gasteiger partial charge in [-0.1, -0.05) is 13.8 Å². The SMILES string of the molecule is CC(C)c1cc2[nH]c(=O)c(=O)[nH]c2cc1S(=O)(=O)Nc1ccc(C(F)(F)F)cc1. The smallest absolute Gasteiger partial charge is 0.316 e. The van der Waals surface area contributed by atoms with Gasteiger partial charge in [-0.3, -0.25) is 14.3 Å². The molecule has 0 saturated heterocycles. The van der Waals surface area contributed by atoms with Crippen LogP contribution in [0.5, 0.6) is 0 Å². The molecule has 0 spiro atoms. The maximum absolute atomic E-state index is 12.9. The minimum atomic E-state index is -4.54. The summed E-state index contributed by atoms with van der Waals surface area (Å²) >= 11 is 0. The van der Waals surface area contributed by atoms with Crippen molar-refractivity contribution < 1.29 is 21.6 Å². The zero-order chi connectivity index (χ0) is 21.6. The van der Waals surface area contributed by atoms with E-state index in [4.69, 9.17) is 0 Å². The van der Waals surface area contributed by atoms with Crippen molar-refractivity contribution in [1.29, 1.82) is 0 Å². The van der Waals surface area contributed by atoms with E-state index in [-0.39, 0.29) is 27.5 Å². The molecule has 0 aliphatic heterocycles. The van der Waals surface area contributed by atoms with Crippen molar-refractivity contribution in [2.24, 2.45) is 0 Å². The molecule has 0 aliphatic carbocycles. The fraction of sp³-hybridized carbons (Fsp3) is 0.222. The third-order valence-electron chi connectivity index (χ3n) is 4.23. The highest BCUT2D eigenvalue weighted by molar-refractivity contribution is 7.92. The van der Waals surface area contributed by atoms with Gasteiger partial charge in [0, 0.05) is 5.69 Å². The third-order valence-corrected chi connectivity index (χ3v) is 5.67. The molecule has 0 amide bonds. The van der Waals surface area contributed by atoms with Gasteiger partial charge in [-0.2, -0.15) is 13.2 Å². The van der Waals surface area contributed by atoms with Crippen molar-refractivity contribution in [3.8, 4) is 0 Å². The monoisotopic (exact) mass is 427 g/mol. The number of H-pyrrole nitrogens is 2. The zero-order valence-corrected chi connectivity index (χ0v) is 16.0. The summed E-state index contributed by atoms with van der Waals surface area (Å²) in [5, 5.41) is 0. The predicted molar refractivity (Wildman–Crippen MR) is 102 cm³/mol. The zero-order valence-electron chi connectivity index (χ0n) is 15.2. The van der Waals surface area contributed by atoms with Gasteiger partial charge in [0.2, 0.25) is 0 Å². The van der Waals surface area contributed by atoms with Crippen LogP contribution < -0.4 is 15.8 Å². The molecule has 7 nitrogen and oxygen atoms in total. The molecule has 3 rings (SSSR count). The molecule has 0 aliphatic rings. The number of rotatable bonds is 4. The van der Waals surface area contributed by atoms with Crippen molar-refractivity contribution in [3.63, 3.8) is 0 Å². The molecule has 0 fully saturated rings. The van der Waals surface area contributed by atoms with Gasteiger partial charge >= 0.3 is 17.3 Å². The highest BCUT2D eigenvalue weighted by Crippen LogP contribution is 2.31. The minimum Gasteiger partial charge on any atom is -0.316 e. The lowest BCUT2D eigenvalue weighted by molar-refractivity contribution is -0.137. The maximum Gasteiger partial charge on any atom is 0.416 e. The average molecular weight is 427 g/mol. The van der Waals surface area contributed by atoms with Crippen LogP contribution in [0.4, 0.5) is 18.9 Å². The lowest BCUT2D eigenvalue weighted by atomic mass is 10.0. The molecule has 3 aromatic rings. The van der Waals surface area contributed by atoms with E-state index in [0.29, 0.717) is 5.56 Å². The lowest BCUT2D eigenvalue weighted by Gasteiger charge is -2.16. The Labute approximate surface area is 162 Å².